The summed E-state index contributed by atoms with van der Waals surface area (Å²) in [6.45, 7) is 17.6. The molecule has 0 bridgehead atoms. The topological polar surface area (TPSA) is 73.9 Å². The van der Waals surface area contributed by atoms with Crippen LogP contribution >= 0.6 is 0 Å². The second-order valence-electron chi connectivity index (χ2n) is 11.8. The normalized spacial score (nSPS) is 13.1. The number of amides is 1. The Balaban J connectivity index is 2.05. The van der Waals surface area contributed by atoms with Gasteiger partial charge in [0.2, 0.25) is 0 Å². The maximum atomic E-state index is 12.9. The number of esters is 1. The number of rotatable bonds is 8. The molecule has 1 amide bonds. The zero-order valence-electron chi connectivity index (χ0n) is 22.7. The maximum absolute atomic E-state index is 12.9. The molecule has 192 valence electrons. The molecule has 2 rings (SSSR count). The van der Waals surface area contributed by atoms with Gasteiger partial charge in [-0.1, -0.05) is 45.0 Å². The molecule has 6 nitrogen and oxygen atoms in total. The minimum absolute atomic E-state index is 0.0353. The molecular formula is C29H41NO5. The molecule has 0 radical (unpaired) electrons. The molecular weight excluding hydrogens is 442 g/mol. The Hall–Kier alpha value is -3.02. The Labute approximate surface area is 210 Å². The molecule has 0 fully saturated rings. The lowest BCUT2D eigenvalue weighted by Crippen LogP contribution is -2.47. The van der Waals surface area contributed by atoms with Crippen LogP contribution in [0.5, 0.6) is 11.5 Å². The van der Waals surface area contributed by atoms with Crippen LogP contribution in [0.4, 0.5) is 0 Å². The van der Waals surface area contributed by atoms with Gasteiger partial charge in [-0.15, -0.1) is 0 Å². The van der Waals surface area contributed by atoms with Crippen LogP contribution in [0.3, 0.4) is 0 Å². The molecule has 0 unspecified atom stereocenters. The van der Waals surface area contributed by atoms with Gasteiger partial charge in [0, 0.05) is 6.42 Å². The van der Waals surface area contributed by atoms with Crippen LogP contribution in [-0.4, -0.2) is 35.7 Å². The molecule has 0 aromatic heterocycles. The summed E-state index contributed by atoms with van der Waals surface area (Å²) >= 11 is 0. The average molecular weight is 484 g/mol. The monoisotopic (exact) mass is 483 g/mol. The minimum Gasteiger partial charge on any atom is -0.488 e. The van der Waals surface area contributed by atoms with Crippen molar-refractivity contribution in [2.45, 2.75) is 91.4 Å². The predicted octanol–water partition coefficient (Wildman–Crippen LogP) is 5.61. The van der Waals surface area contributed by atoms with Crippen molar-refractivity contribution in [2.24, 2.45) is 0 Å². The Kier molecular flexibility index (Phi) is 8.99. The molecule has 6 heteroatoms. The third-order valence-corrected chi connectivity index (χ3v) is 4.90. The van der Waals surface area contributed by atoms with Gasteiger partial charge in [0.1, 0.15) is 28.7 Å². The summed E-state index contributed by atoms with van der Waals surface area (Å²) in [7, 11) is 0. The van der Waals surface area contributed by atoms with E-state index in [9.17, 15) is 9.59 Å². The highest BCUT2D eigenvalue weighted by molar-refractivity contribution is 5.85. The van der Waals surface area contributed by atoms with Gasteiger partial charge in [0.05, 0.1) is 0 Å². The van der Waals surface area contributed by atoms with E-state index in [-0.39, 0.29) is 24.0 Å². The number of ether oxygens (including phenoxy) is 3. The van der Waals surface area contributed by atoms with Gasteiger partial charge in [-0.25, -0.2) is 4.79 Å². The van der Waals surface area contributed by atoms with E-state index in [0.29, 0.717) is 5.75 Å². The van der Waals surface area contributed by atoms with Gasteiger partial charge < -0.3 is 19.5 Å². The Morgan fingerprint density at radius 2 is 1.31 bits per heavy atom. The van der Waals surface area contributed by atoms with Crippen molar-refractivity contribution in [3.8, 4) is 11.5 Å². The van der Waals surface area contributed by atoms with Crippen molar-refractivity contribution < 1.29 is 23.8 Å². The summed E-state index contributed by atoms with van der Waals surface area (Å²) in [6.07, 6.45) is 0.288. The largest absolute Gasteiger partial charge is 0.488 e. The highest BCUT2D eigenvalue weighted by atomic mass is 16.6. The van der Waals surface area contributed by atoms with Crippen LogP contribution < -0.4 is 14.8 Å². The zero-order chi connectivity index (χ0) is 26.4. The van der Waals surface area contributed by atoms with E-state index in [1.54, 1.807) is 20.8 Å². The van der Waals surface area contributed by atoms with Crippen molar-refractivity contribution in [2.75, 3.05) is 6.61 Å². The van der Waals surface area contributed by atoms with E-state index in [0.717, 1.165) is 11.3 Å². The van der Waals surface area contributed by atoms with E-state index in [1.165, 1.54) is 5.56 Å². The summed E-state index contributed by atoms with van der Waals surface area (Å²) in [5.74, 6) is 0.449. The standard InChI is InChI=1S/C29H41NO5/c1-27(2,3)21-12-16-22(17-13-21)33-19-25(31)30-24(26(32)35-29(7,8)9)18-20-10-14-23(15-11-20)34-28(4,5)6/h10-17,24H,18-19H2,1-9H3,(H,30,31)/t24-/m0/s1. The van der Waals surface area contributed by atoms with Crippen molar-refractivity contribution >= 4 is 11.9 Å². The van der Waals surface area contributed by atoms with Crippen LogP contribution in [0, 0.1) is 0 Å². The number of nitrogens with one attached hydrogen (secondary N) is 1. The third-order valence-electron chi connectivity index (χ3n) is 4.90. The van der Waals surface area contributed by atoms with Crippen LogP contribution in [0.2, 0.25) is 0 Å². The van der Waals surface area contributed by atoms with Gasteiger partial charge >= 0.3 is 5.97 Å². The molecule has 0 aliphatic heterocycles. The Morgan fingerprint density at radius 3 is 1.80 bits per heavy atom. The summed E-state index contributed by atoms with van der Waals surface area (Å²) < 4.78 is 17.1. The molecule has 0 saturated heterocycles. The fourth-order valence-corrected chi connectivity index (χ4v) is 3.29. The second-order valence-corrected chi connectivity index (χ2v) is 11.8. The van der Waals surface area contributed by atoms with Crippen LogP contribution in [0.15, 0.2) is 48.5 Å². The number of carbonyl (C=O) groups excluding carboxylic acids is 2. The Bertz CT molecular complexity index is 974. The van der Waals surface area contributed by atoms with Crippen LogP contribution in [0.1, 0.15) is 73.4 Å². The van der Waals surface area contributed by atoms with Crippen molar-refractivity contribution in [3.63, 3.8) is 0 Å². The van der Waals surface area contributed by atoms with Crippen molar-refractivity contribution in [1.29, 1.82) is 0 Å². The predicted molar refractivity (Wildman–Crippen MR) is 139 cm³/mol. The van der Waals surface area contributed by atoms with E-state index in [4.69, 9.17) is 14.2 Å². The SMILES string of the molecule is CC(C)(C)OC(=O)[C@H](Cc1ccc(OC(C)(C)C)cc1)NC(=O)COc1ccc(C(C)(C)C)cc1. The van der Waals surface area contributed by atoms with Gasteiger partial charge in [-0.3, -0.25) is 4.79 Å². The molecule has 0 aliphatic rings. The summed E-state index contributed by atoms with van der Waals surface area (Å²) in [6, 6.07) is 14.3. The second kappa shape index (κ2) is 11.1. The number of benzene rings is 2. The first-order chi connectivity index (χ1) is 16.0. The first-order valence-corrected chi connectivity index (χ1v) is 12.1. The van der Waals surface area contributed by atoms with Crippen molar-refractivity contribution in [3.05, 3.63) is 59.7 Å². The van der Waals surface area contributed by atoms with Gasteiger partial charge in [-0.2, -0.15) is 0 Å². The molecule has 0 spiro atoms. The van der Waals surface area contributed by atoms with E-state index in [1.807, 2.05) is 69.3 Å². The molecule has 2 aromatic carbocycles. The highest BCUT2D eigenvalue weighted by Crippen LogP contribution is 2.24. The smallest absolute Gasteiger partial charge is 0.329 e. The summed E-state index contributed by atoms with van der Waals surface area (Å²) in [5.41, 5.74) is 1.12. The lowest BCUT2D eigenvalue weighted by Gasteiger charge is -2.25. The third kappa shape index (κ3) is 10.4. The molecule has 1 N–H and O–H groups in total. The lowest BCUT2D eigenvalue weighted by molar-refractivity contribution is -0.158. The Morgan fingerprint density at radius 1 is 0.771 bits per heavy atom. The fraction of sp³-hybridized carbons (Fsp3) is 0.517. The van der Waals surface area contributed by atoms with E-state index in [2.05, 4.69) is 26.1 Å². The molecule has 35 heavy (non-hydrogen) atoms. The molecule has 0 saturated carbocycles. The van der Waals surface area contributed by atoms with E-state index >= 15 is 0 Å². The van der Waals surface area contributed by atoms with Crippen molar-refractivity contribution in [1.82, 2.24) is 5.32 Å². The van der Waals surface area contributed by atoms with Gasteiger partial charge in [0.15, 0.2) is 6.61 Å². The summed E-state index contributed by atoms with van der Waals surface area (Å²) in [4.78, 5) is 25.5. The highest BCUT2D eigenvalue weighted by Gasteiger charge is 2.27. The first kappa shape index (κ1) is 28.2. The quantitative estimate of drug-likeness (QED) is 0.494. The fourth-order valence-electron chi connectivity index (χ4n) is 3.29. The molecule has 0 aliphatic carbocycles. The number of carbonyl (C=O) groups is 2. The van der Waals surface area contributed by atoms with Crippen LogP contribution in [-0.2, 0) is 26.2 Å². The number of hydrogen-bond donors (Lipinski definition) is 1. The first-order valence-electron chi connectivity index (χ1n) is 12.1. The van der Waals surface area contributed by atoms with E-state index < -0.39 is 23.5 Å². The maximum Gasteiger partial charge on any atom is 0.329 e. The van der Waals surface area contributed by atoms with Gasteiger partial charge in [0.25, 0.3) is 5.91 Å². The average Bonchev–Trinajstić information content (AvgIpc) is 2.70. The zero-order valence-corrected chi connectivity index (χ0v) is 22.7. The number of hydrogen-bond acceptors (Lipinski definition) is 5. The molecule has 2 aromatic rings. The molecule has 0 heterocycles. The summed E-state index contributed by atoms with van der Waals surface area (Å²) in [5, 5.41) is 2.78. The minimum atomic E-state index is -0.844. The van der Waals surface area contributed by atoms with Crippen LogP contribution in [0.25, 0.3) is 0 Å². The lowest BCUT2D eigenvalue weighted by atomic mass is 9.87. The van der Waals surface area contributed by atoms with Gasteiger partial charge in [-0.05, 0) is 82.3 Å². The molecule has 1 atom stereocenters.